The van der Waals surface area contributed by atoms with Crippen molar-refractivity contribution in [2.24, 2.45) is 0 Å². The van der Waals surface area contributed by atoms with Crippen molar-refractivity contribution in [3.63, 3.8) is 0 Å². The smallest absolute Gasteiger partial charge is 0.337 e. The molecule has 0 spiro atoms. The number of amides is 1. The van der Waals surface area contributed by atoms with Crippen LogP contribution in [-0.4, -0.2) is 22.3 Å². The van der Waals surface area contributed by atoms with E-state index in [0.717, 1.165) is 0 Å². The average Bonchev–Trinajstić information content (AvgIpc) is 2.20. The van der Waals surface area contributed by atoms with Gasteiger partial charge in [-0.3, -0.25) is 4.79 Å². The zero-order chi connectivity index (χ0) is 11.4. The number of aromatic carboxylic acids is 1. The van der Waals surface area contributed by atoms with Gasteiger partial charge in [-0.25, -0.2) is 4.79 Å². The lowest BCUT2D eigenvalue weighted by molar-refractivity contribution is -0.113. The molecule has 0 fully saturated rings. The Balaban J connectivity index is 3.06. The number of carbonyl (C=O) groups is 2. The molecule has 0 unspecified atom stereocenters. The van der Waals surface area contributed by atoms with Crippen molar-refractivity contribution in [1.82, 2.24) is 0 Å². The number of alkyl halides is 1. The molecule has 0 aliphatic heterocycles. The van der Waals surface area contributed by atoms with Crippen LogP contribution in [0.15, 0.2) is 18.2 Å². The highest BCUT2D eigenvalue weighted by Crippen LogP contribution is 2.20. The fraction of sp³-hybridized carbons (Fsp3) is 0.111. The molecule has 15 heavy (non-hydrogen) atoms. The van der Waals surface area contributed by atoms with E-state index < -0.39 is 5.97 Å². The summed E-state index contributed by atoms with van der Waals surface area (Å²) in [5.74, 6) is -1.46. The van der Waals surface area contributed by atoms with Crippen molar-refractivity contribution in [3.8, 4) is 0 Å². The largest absolute Gasteiger partial charge is 0.478 e. The molecule has 1 aromatic rings. The summed E-state index contributed by atoms with van der Waals surface area (Å²) in [7, 11) is 0. The lowest BCUT2D eigenvalue weighted by atomic mass is 10.2. The van der Waals surface area contributed by atoms with Crippen LogP contribution in [0.2, 0.25) is 5.02 Å². The van der Waals surface area contributed by atoms with Crippen LogP contribution in [0.3, 0.4) is 0 Å². The van der Waals surface area contributed by atoms with Gasteiger partial charge in [0.2, 0.25) is 5.91 Å². The number of hydrogen-bond donors (Lipinski definition) is 2. The normalized spacial score (nSPS) is 9.73. The summed E-state index contributed by atoms with van der Waals surface area (Å²) in [6.07, 6.45) is 0. The highest BCUT2D eigenvalue weighted by molar-refractivity contribution is 9.09. The molecule has 2 N–H and O–H groups in total. The molecule has 0 aromatic heterocycles. The number of carboxylic acids is 1. The predicted octanol–water partition coefficient (Wildman–Crippen LogP) is 2.37. The first kappa shape index (κ1) is 12.0. The van der Waals surface area contributed by atoms with Gasteiger partial charge in [0.1, 0.15) is 0 Å². The van der Waals surface area contributed by atoms with E-state index in [1.54, 1.807) is 0 Å². The van der Waals surface area contributed by atoms with Crippen LogP contribution in [0.4, 0.5) is 5.69 Å². The van der Waals surface area contributed by atoms with E-state index in [0.29, 0.717) is 5.02 Å². The van der Waals surface area contributed by atoms with E-state index in [4.69, 9.17) is 16.7 Å². The molecule has 0 saturated carbocycles. The summed E-state index contributed by atoms with van der Waals surface area (Å²) in [6.45, 7) is 0. The van der Waals surface area contributed by atoms with Crippen molar-refractivity contribution >= 4 is 45.1 Å². The first-order valence-electron chi connectivity index (χ1n) is 3.93. The van der Waals surface area contributed by atoms with Gasteiger partial charge in [-0.2, -0.15) is 0 Å². The topological polar surface area (TPSA) is 66.4 Å². The molecule has 0 saturated heterocycles. The fourth-order valence-electron chi connectivity index (χ4n) is 0.986. The first-order chi connectivity index (χ1) is 7.04. The quantitative estimate of drug-likeness (QED) is 0.841. The molecule has 0 bridgehead atoms. The van der Waals surface area contributed by atoms with E-state index in [-0.39, 0.29) is 22.5 Å². The zero-order valence-corrected chi connectivity index (χ0v) is 9.80. The minimum Gasteiger partial charge on any atom is -0.478 e. The number of benzene rings is 1. The third-order valence-electron chi connectivity index (χ3n) is 1.61. The summed E-state index contributed by atoms with van der Waals surface area (Å²) in [5, 5.41) is 11.7. The van der Waals surface area contributed by atoms with E-state index in [9.17, 15) is 9.59 Å². The highest BCUT2D eigenvalue weighted by Gasteiger charge is 2.12. The number of carboxylic acid groups (broad SMARTS) is 1. The van der Waals surface area contributed by atoms with Crippen LogP contribution in [-0.2, 0) is 4.79 Å². The molecule has 80 valence electrons. The summed E-state index contributed by atoms with van der Waals surface area (Å²) in [6, 6.07) is 4.25. The van der Waals surface area contributed by atoms with Crippen LogP contribution in [0.25, 0.3) is 0 Å². The zero-order valence-electron chi connectivity index (χ0n) is 7.46. The lowest BCUT2D eigenvalue weighted by Crippen LogP contribution is -2.15. The molecule has 1 rings (SSSR count). The Bertz CT molecular complexity index is 408. The van der Waals surface area contributed by atoms with E-state index in [1.165, 1.54) is 18.2 Å². The number of rotatable bonds is 3. The maximum atomic E-state index is 11.1. The molecule has 0 radical (unpaired) electrons. The summed E-state index contributed by atoms with van der Waals surface area (Å²) < 4.78 is 0. The number of halogens is 2. The first-order valence-corrected chi connectivity index (χ1v) is 5.43. The monoisotopic (exact) mass is 291 g/mol. The van der Waals surface area contributed by atoms with Gasteiger partial charge in [-0.1, -0.05) is 27.5 Å². The van der Waals surface area contributed by atoms with Crippen LogP contribution >= 0.6 is 27.5 Å². The minimum atomic E-state index is -1.14. The molecule has 6 heteroatoms. The number of anilines is 1. The summed E-state index contributed by atoms with van der Waals surface area (Å²) in [5.41, 5.74) is 0.202. The maximum Gasteiger partial charge on any atom is 0.337 e. The van der Waals surface area contributed by atoms with Crippen LogP contribution in [0.1, 0.15) is 10.4 Å². The van der Waals surface area contributed by atoms with Gasteiger partial charge in [0.15, 0.2) is 0 Å². The molecular formula is C9H7BrClNO3. The van der Waals surface area contributed by atoms with Gasteiger partial charge in [0.25, 0.3) is 0 Å². The Morgan fingerprint density at radius 3 is 2.67 bits per heavy atom. The molecule has 0 aliphatic rings. The minimum absolute atomic E-state index is 0.0307. The molecular weight excluding hydrogens is 285 g/mol. The number of carbonyl (C=O) groups excluding carboxylic acids is 1. The summed E-state index contributed by atoms with van der Waals surface area (Å²) >= 11 is 8.61. The Morgan fingerprint density at radius 1 is 1.47 bits per heavy atom. The predicted molar refractivity (Wildman–Crippen MR) is 60.8 cm³/mol. The Labute approximate surface area is 99.4 Å². The second kappa shape index (κ2) is 5.14. The van der Waals surface area contributed by atoms with Crippen molar-refractivity contribution in [2.75, 3.05) is 10.6 Å². The van der Waals surface area contributed by atoms with E-state index in [2.05, 4.69) is 21.2 Å². The van der Waals surface area contributed by atoms with Gasteiger partial charge >= 0.3 is 5.97 Å². The molecule has 0 atom stereocenters. The third-order valence-corrected chi connectivity index (χ3v) is 2.35. The van der Waals surface area contributed by atoms with Crippen LogP contribution < -0.4 is 5.32 Å². The third kappa shape index (κ3) is 3.21. The van der Waals surface area contributed by atoms with Crippen molar-refractivity contribution < 1.29 is 14.7 Å². The molecule has 0 heterocycles. The summed E-state index contributed by atoms with van der Waals surface area (Å²) in [4.78, 5) is 21.9. The maximum absolute atomic E-state index is 11.1. The average molecular weight is 293 g/mol. The number of hydrogen-bond acceptors (Lipinski definition) is 2. The second-order valence-electron chi connectivity index (χ2n) is 2.68. The Kier molecular flexibility index (Phi) is 4.11. The Hall–Kier alpha value is -1.07. The molecule has 1 aromatic carbocycles. The van der Waals surface area contributed by atoms with Crippen molar-refractivity contribution in [3.05, 3.63) is 28.8 Å². The van der Waals surface area contributed by atoms with Crippen LogP contribution in [0.5, 0.6) is 0 Å². The van der Waals surface area contributed by atoms with E-state index in [1.807, 2.05) is 0 Å². The molecule has 0 aliphatic carbocycles. The van der Waals surface area contributed by atoms with Gasteiger partial charge in [-0.05, 0) is 18.2 Å². The standard InChI is InChI=1S/C9H7BrClNO3/c10-4-8(13)12-7-2-1-5(11)3-6(7)9(14)15/h1-3H,4H2,(H,12,13)(H,14,15). The van der Waals surface area contributed by atoms with E-state index >= 15 is 0 Å². The fourth-order valence-corrected chi connectivity index (χ4v) is 1.30. The molecule has 4 nitrogen and oxygen atoms in total. The second-order valence-corrected chi connectivity index (χ2v) is 3.67. The SMILES string of the molecule is O=C(CBr)Nc1ccc(Cl)cc1C(=O)O. The highest BCUT2D eigenvalue weighted by atomic mass is 79.9. The molecule has 1 amide bonds. The van der Waals surface area contributed by atoms with Gasteiger partial charge in [-0.15, -0.1) is 0 Å². The van der Waals surface area contributed by atoms with Crippen molar-refractivity contribution in [1.29, 1.82) is 0 Å². The number of nitrogens with one attached hydrogen (secondary N) is 1. The van der Waals surface area contributed by atoms with Gasteiger partial charge in [0.05, 0.1) is 16.6 Å². The van der Waals surface area contributed by atoms with Gasteiger partial charge < -0.3 is 10.4 Å². The Morgan fingerprint density at radius 2 is 2.13 bits per heavy atom. The lowest BCUT2D eigenvalue weighted by Gasteiger charge is -2.07. The van der Waals surface area contributed by atoms with Crippen molar-refractivity contribution in [2.45, 2.75) is 0 Å². The van der Waals surface area contributed by atoms with Crippen LogP contribution in [0, 0.1) is 0 Å². The van der Waals surface area contributed by atoms with Gasteiger partial charge in [0, 0.05) is 5.02 Å².